The zero-order chi connectivity index (χ0) is 24.5. The lowest BCUT2D eigenvalue weighted by atomic mass is 9.78. The molecule has 0 spiro atoms. The van der Waals surface area contributed by atoms with Crippen LogP contribution in [-0.2, 0) is 16.9 Å². The number of carbonyl (C=O) groups is 1. The monoisotopic (exact) mass is 463 g/mol. The van der Waals surface area contributed by atoms with E-state index in [2.05, 4.69) is 41.2 Å². The number of rotatable bonds is 6. The Kier molecular flexibility index (Phi) is 6.83. The number of hydrogen-bond donors (Lipinski definition) is 2. The first kappa shape index (κ1) is 24.4. The van der Waals surface area contributed by atoms with E-state index in [0.29, 0.717) is 18.8 Å². The van der Waals surface area contributed by atoms with E-state index in [1.165, 1.54) is 16.5 Å². The summed E-state index contributed by atoms with van der Waals surface area (Å²) in [4.78, 5) is 19.5. The minimum absolute atomic E-state index is 0.0663. The standard InChI is InChI=1S/C28H37N3O3/c1-19-11-12-23-22(15-19)20(2)24(34-23)17-31-14-8-9-21(16-31)28(33,25-10-6-7-13-29-25)18-30-26(32)27(3,4)5/h6-7,10-13,15,21,33H,8-9,14,16-18H2,1-5H3,(H,30,32). The van der Waals surface area contributed by atoms with Crippen molar-refractivity contribution >= 4 is 16.9 Å². The van der Waals surface area contributed by atoms with E-state index in [9.17, 15) is 9.90 Å². The van der Waals surface area contributed by atoms with E-state index in [0.717, 1.165) is 30.7 Å². The smallest absolute Gasteiger partial charge is 0.225 e. The predicted molar refractivity (Wildman–Crippen MR) is 134 cm³/mol. The summed E-state index contributed by atoms with van der Waals surface area (Å²) >= 11 is 0. The molecular weight excluding hydrogens is 426 g/mol. The van der Waals surface area contributed by atoms with Gasteiger partial charge in [-0.3, -0.25) is 14.7 Å². The third-order valence-electron chi connectivity index (χ3n) is 7.05. The number of furan rings is 1. The number of carbonyl (C=O) groups excluding carboxylic acids is 1. The number of likely N-dealkylation sites (tertiary alicyclic amines) is 1. The van der Waals surface area contributed by atoms with Crippen LogP contribution in [0.1, 0.15) is 56.2 Å². The summed E-state index contributed by atoms with van der Waals surface area (Å²) in [5, 5.41) is 16.1. The summed E-state index contributed by atoms with van der Waals surface area (Å²) in [5.74, 6) is 0.828. The van der Waals surface area contributed by atoms with Crippen LogP contribution < -0.4 is 5.32 Å². The molecule has 0 saturated carbocycles. The maximum Gasteiger partial charge on any atom is 0.225 e. The van der Waals surface area contributed by atoms with E-state index < -0.39 is 11.0 Å². The number of piperidine rings is 1. The van der Waals surface area contributed by atoms with Gasteiger partial charge in [0.1, 0.15) is 16.9 Å². The average molecular weight is 464 g/mol. The van der Waals surface area contributed by atoms with Crippen molar-refractivity contribution in [1.82, 2.24) is 15.2 Å². The van der Waals surface area contributed by atoms with Crippen LogP contribution in [0, 0.1) is 25.2 Å². The first-order valence-electron chi connectivity index (χ1n) is 12.2. The van der Waals surface area contributed by atoms with Crippen LogP contribution in [0.3, 0.4) is 0 Å². The van der Waals surface area contributed by atoms with Gasteiger partial charge >= 0.3 is 0 Å². The molecule has 6 heteroatoms. The minimum atomic E-state index is -1.25. The fourth-order valence-electron chi connectivity index (χ4n) is 4.87. The molecule has 0 aliphatic carbocycles. The highest BCUT2D eigenvalue weighted by atomic mass is 16.3. The normalized spacial score (nSPS) is 19.2. The summed E-state index contributed by atoms with van der Waals surface area (Å²) in [6.07, 6.45) is 3.53. The van der Waals surface area contributed by atoms with E-state index >= 15 is 0 Å². The summed E-state index contributed by atoms with van der Waals surface area (Å²) in [7, 11) is 0. The second-order valence-corrected chi connectivity index (χ2v) is 10.8. The molecule has 1 aromatic carbocycles. The van der Waals surface area contributed by atoms with E-state index in [1.54, 1.807) is 6.20 Å². The highest BCUT2D eigenvalue weighted by molar-refractivity contribution is 5.82. The molecule has 3 heterocycles. The number of nitrogens with one attached hydrogen (secondary N) is 1. The molecule has 2 N–H and O–H groups in total. The molecule has 1 aliphatic rings. The molecule has 2 aromatic heterocycles. The Morgan fingerprint density at radius 3 is 2.74 bits per heavy atom. The number of aromatic nitrogens is 1. The number of pyridine rings is 1. The van der Waals surface area contributed by atoms with Gasteiger partial charge in [-0.25, -0.2) is 0 Å². The lowest BCUT2D eigenvalue weighted by Crippen LogP contribution is -2.53. The zero-order valence-electron chi connectivity index (χ0n) is 21.0. The second kappa shape index (κ2) is 9.51. The van der Waals surface area contributed by atoms with Gasteiger partial charge in [0, 0.05) is 29.5 Å². The van der Waals surface area contributed by atoms with Gasteiger partial charge < -0.3 is 14.8 Å². The largest absolute Gasteiger partial charge is 0.459 e. The highest BCUT2D eigenvalue weighted by Gasteiger charge is 2.42. The molecule has 2 atom stereocenters. The zero-order valence-corrected chi connectivity index (χ0v) is 21.0. The molecule has 34 heavy (non-hydrogen) atoms. The van der Waals surface area contributed by atoms with Gasteiger partial charge in [0.2, 0.25) is 5.91 Å². The van der Waals surface area contributed by atoms with E-state index in [-0.39, 0.29) is 18.4 Å². The fraction of sp³-hybridized carbons (Fsp3) is 0.500. The average Bonchev–Trinajstić information content (AvgIpc) is 3.12. The van der Waals surface area contributed by atoms with Crippen LogP contribution in [0.15, 0.2) is 47.0 Å². The molecule has 1 aliphatic heterocycles. The van der Waals surface area contributed by atoms with Crippen molar-refractivity contribution in [2.75, 3.05) is 19.6 Å². The maximum absolute atomic E-state index is 12.6. The van der Waals surface area contributed by atoms with Gasteiger partial charge in [0.15, 0.2) is 0 Å². The molecule has 0 bridgehead atoms. The van der Waals surface area contributed by atoms with E-state index in [4.69, 9.17) is 4.42 Å². The Bertz CT molecular complexity index is 1150. The summed E-state index contributed by atoms with van der Waals surface area (Å²) in [6, 6.07) is 11.9. The Labute approximate surface area is 202 Å². The molecule has 1 amide bonds. The van der Waals surface area contributed by atoms with Crippen LogP contribution in [-0.4, -0.2) is 40.5 Å². The van der Waals surface area contributed by atoms with Gasteiger partial charge in [0.25, 0.3) is 0 Å². The molecule has 1 fully saturated rings. The number of benzene rings is 1. The number of fused-ring (bicyclic) bond motifs is 1. The van der Waals surface area contributed by atoms with Gasteiger partial charge in [0.05, 0.1) is 18.8 Å². The van der Waals surface area contributed by atoms with Crippen molar-refractivity contribution in [1.29, 1.82) is 0 Å². The number of hydrogen-bond acceptors (Lipinski definition) is 5. The Balaban J connectivity index is 1.56. The lowest BCUT2D eigenvalue weighted by Gasteiger charge is -2.42. The highest BCUT2D eigenvalue weighted by Crippen LogP contribution is 2.36. The fourth-order valence-corrected chi connectivity index (χ4v) is 4.87. The van der Waals surface area contributed by atoms with Crippen molar-refractivity contribution in [3.05, 3.63) is 65.2 Å². The van der Waals surface area contributed by atoms with Crippen molar-refractivity contribution in [3.63, 3.8) is 0 Å². The molecule has 4 rings (SSSR count). The quantitative estimate of drug-likeness (QED) is 0.554. The maximum atomic E-state index is 12.6. The Morgan fingerprint density at radius 1 is 1.24 bits per heavy atom. The number of aryl methyl sites for hydroxylation is 2. The van der Waals surface area contributed by atoms with Crippen LogP contribution in [0.2, 0.25) is 0 Å². The number of amides is 1. The minimum Gasteiger partial charge on any atom is -0.459 e. The van der Waals surface area contributed by atoms with Crippen molar-refractivity contribution < 1.29 is 14.3 Å². The molecular formula is C28H37N3O3. The summed E-state index contributed by atoms with van der Waals surface area (Å²) in [6.45, 7) is 12.3. The second-order valence-electron chi connectivity index (χ2n) is 10.8. The van der Waals surface area contributed by atoms with Crippen LogP contribution in [0.25, 0.3) is 11.0 Å². The van der Waals surface area contributed by atoms with Crippen molar-refractivity contribution in [3.8, 4) is 0 Å². The Hall–Kier alpha value is -2.70. The third kappa shape index (κ3) is 5.03. The lowest BCUT2D eigenvalue weighted by molar-refractivity contribution is -0.131. The summed E-state index contributed by atoms with van der Waals surface area (Å²) < 4.78 is 6.20. The number of nitrogens with zero attached hydrogens (tertiary/aromatic N) is 2. The van der Waals surface area contributed by atoms with Crippen LogP contribution in [0.4, 0.5) is 0 Å². The predicted octanol–water partition coefficient (Wildman–Crippen LogP) is 4.71. The van der Waals surface area contributed by atoms with Gasteiger partial charge in [-0.15, -0.1) is 0 Å². The molecule has 1 saturated heterocycles. The first-order valence-corrected chi connectivity index (χ1v) is 12.2. The number of aliphatic hydroxyl groups is 1. The summed E-state index contributed by atoms with van der Waals surface area (Å²) in [5.41, 5.74) is 2.15. The third-order valence-corrected chi connectivity index (χ3v) is 7.05. The topological polar surface area (TPSA) is 78.6 Å². The molecule has 3 aromatic rings. The SMILES string of the molecule is Cc1ccc2oc(CN3CCCC(C(O)(CNC(=O)C(C)(C)C)c4ccccn4)C3)c(C)c2c1. The van der Waals surface area contributed by atoms with Crippen molar-refractivity contribution in [2.45, 2.75) is 59.6 Å². The van der Waals surface area contributed by atoms with Gasteiger partial charge in [-0.2, -0.15) is 0 Å². The molecule has 6 nitrogen and oxygen atoms in total. The van der Waals surface area contributed by atoms with Crippen LogP contribution >= 0.6 is 0 Å². The van der Waals surface area contributed by atoms with Gasteiger partial charge in [-0.05, 0) is 63.1 Å². The van der Waals surface area contributed by atoms with Crippen molar-refractivity contribution in [2.24, 2.45) is 11.3 Å². The molecule has 0 radical (unpaired) electrons. The first-order chi connectivity index (χ1) is 16.1. The molecule has 2 unspecified atom stereocenters. The Morgan fingerprint density at radius 2 is 2.03 bits per heavy atom. The molecule has 182 valence electrons. The van der Waals surface area contributed by atoms with E-state index in [1.807, 2.05) is 45.0 Å². The van der Waals surface area contributed by atoms with Crippen LogP contribution in [0.5, 0.6) is 0 Å². The van der Waals surface area contributed by atoms with Gasteiger partial charge in [-0.1, -0.05) is 38.5 Å².